The Morgan fingerprint density at radius 2 is 2.07 bits per heavy atom. The number of ether oxygens (including phenoxy) is 3. The summed E-state index contributed by atoms with van der Waals surface area (Å²) in [6, 6.07) is 10.6. The van der Waals surface area contributed by atoms with E-state index in [-0.39, 0.29) is 42.9 Å². The Morgan fingerprint density at radius 3 is 2.82 bits per heavy atom. The molecule has 154 valence electrons. The molecule has 0 radical (unpaired) electrons. The molecule has 2 N–H and O–H groups in total. The molecule has 1 saturated heterocycles. The number of hydrogen-bond donors (Lipinski definition) is 2. The summed E-state index contributed by atoms with van der Waals surface area (Å²) in [6.45, 7) is 3.49. The van der Waals surface area contributed by atoms with Gasteiger partial charge in [0.05, 0.1) is 19.8 Å². The fourth-order valence-electron chi connectivity index (χ4n) is 2.75. The maximum atomic E-state index is 12.4. The third-order valence-corrected chi connectivity index (χ3v) is 4.16. The lowest BCUT2D eigenvalue weighted by Crippen LogP contribution is -2.55. The predicted molar refractivity (Wildman–Crippen MR) is 111 cm³/mol. The molecule has 1 fully saturated rings. The minimum Gasteiger partial charge on any atom is -0.497 e. The lowest BCUT2D eigenvalue weighted by molar-refractivity contribution is -0.129. The lowest BCUT2D eigenvalue weighted by atomic mass is 10.1. The number of carbonyl (C=O) groups is 1. The first-order chi connectivity index (χ1) is 12.7. The number of rotatable bonds is 6. The Balaban J connectivity index is 0.00000196. The monoisotopic (exact) mass is 429 g/mol. The van der Waals surface area contributed by atoms with Crippen molar-refractivity contribution in [1.82, 2.24) is 15.6 Å². The van der Waals surface area contributed by atoms with E-state index in [1.54, 1.807) is 19.4 Å². The quantitative estimate of drug-likeness (QED) is 0.734. The Morgan fingerprint density at radius 1 is 1.29 bits per heavy atom. The number of aromatic nitrogens is 1. The minimum atomic E-state index is -0.358. The summed E-state index contributed by atoms with van der Waals surface area (Å²) < 4.78 is 16.6. The van der Waals surface area contributed by atoms with Crippen LogP contribution < -0.4 is 20.1 Å². The minimum absolute atomic E-state index is 0. The molecule has 1 aliphatic rings. The standard InChI is InChI=1S/C19H23N3O4.2ClH/c1-13-17(20-9-10-25-13)18(23)22-12-14-5-4-8-21-19(14)26-16-7-3-6-15(11-16)24-2;;/h3-8,11,13,17,20H,9-10,12H2,1-2H3,(H,22,23);2*1H/t13-,17+;;/m1../s1. The topological polar surface area (TPSA) is 81.7 Å². The molecule has 1 amide bonds. The van der Waals surface area contributed by atoms with Gasteiger partial charge in [0, 0.05) is 30.9 Å². The van der Waals surface area contributed by atoms with Gasteiger partial charge in [-0.1, -0.05) is 12.1 Å². The van der Waals surface area contributed by atoms with E-state index in [2.05, 4.69) is 15.6 Å². The smallest absolute Gasteiger partial charge is 0.240 e. The summed E-state index contributed by atoms with van der Waals surface area (Å²) in [6.07, 6.45) is 1.49. The SMILES string of the molecule is COc1cccc(Oc2ncccc2CNC(=O)[C@H]2NCCO[C@@H]2C)c1.Cl.Cl. The zero-order valence-electron chi connectivity index (χ0n) is 15.7. The molecule has 0 spiro atoms. The van der Waals surface area contributed by atoms with Crippen LogP contribution in [-0.2, 0) is 16.1 Å². The van der Waals surface area contributed by atoms with Gasteiger partial charge in [-0.2, -0.15) is 0 Å². The largest absolute Gasteiger partial charge is 0.497 e. The van der Waals surface area contributed by atoms with Crippen LogP contribution >= 0.6 is 24.8 Å². The summed E-state index contributed by atoms with van der Waals surface area (Å²) in [4.78, 5) is 16.7. The zero-order chi connectivity index (χ0) is 18.4. The number of pyridine rings is 1. The van der Waals surface area contributed by atoms with Crippen molar-refractivity contribution in [2.45, 2.75) is 25.6 Å². The third kappa shape index (κ3) is 6.24. The predicted octanol–water partition coefficient (Wildman–Crippen LogP) is 2.72. The van der Waals surface area contributed by atoms with Gasteiger partial charge in [0.1, 0.15) is 17.5 Å². The first-order valence-corrected chi connectivity index (χ1v) is 8.56. The van der Waals surface area contributed by atoms with E-state index in [4.69, 9.17) is 14.2 Å². The fourth-order valence-corrected chi connectivity index (χ4v) is 2.75. The van der Waals surface area contributed by atoms with Crippen molar-refractivity contribution in [2.24, 2.45) is 0 Å². The molecule has 2 atom stereocenters. The van der Waals surface area contributed by atoms with Crippen LogP contribution in [-0.4, -0.2) is 43.3 Å². The Labute approximate surface area is 177 Å². The van der Waals surface area contributed by atoms with E-state index < -0.39 is 0 Å². The molecule has 2 aromatic rings. The van der Waals surface area contributed by atoms with Crippen LogP contribution in [0.3, 0.4) is 0 Å². The molecule has 0 saturated carbocycles. The number of nitrogens with zero attached hydrogens (tertiary/aromatic N) is 1. The molecule has 0 aliphatic carbocycles. The second-order valence-corrected chi connectivity index (χ2v) is 5.97. The first-order valence-electron chi connectivity index (χ1n) is 8.56. The maximum Gasteiger partial charge on any atom is 0.240 e. The van der Waals surface area contributed by atoms with Crippen LogP contribution in [0.25, 0.3) is 0 Å². The number of nitrogens with one attached hydrogen (secondary N) is 2. The molecule has 3 rings (SSSR count). The number of hydrogen-bond acceptors (Lipinski definition) is 6. The second kappa shape index (κ2) is 11.7. The van der Waals surface area contributed by atoms with Gasteiger partial charge in [-0.15, -0.1) is 24.8 Å². The van der Waals surface area contributed by atoms with Gasteiger partial charge in [-0.25, -0.2) is 4.98 Å². The fraction of sp³-hybridized carbons (Fsp3) is 0.368. The van der Waals surface area contributed by atoms with E-state index in [0.717, 1.165) is 5.56 Å². The molecule has 0 bridgehead atoms. The summed E-state index contributed by atoms with van der Waals surface area (Å²) in [7, 11) is 1.60. The summed E-state index contributed by atoms with van der Waals surface area (Å²) >= 11 is 0. The van der Waals surface area contributed by atoms with Gasteiger partial charge in [-0.05, 0) is 25.1 Å². The normalized spacial score (nSPS) is 18.2. The van der Waals surface area contributed by atoms with Crippen molar-refractivity contribution in [3.8, 4) is 17.4 Å². The number of amides is 1. The molecule has 1 aliphatic heterocycles. The third-order valence-electron chi connectivity index (χ3n) is 4.16. The van der Waals surface area contributed by atoms with Gasteiger partial charge in [0.15, 0.2) is 0 Å². The molecular weight excluding hydrogens is 405 g/mol. The van der Waals surface area contributed by atoms with Crippen molar-refractivity contribution in [2.75, 3.05) is 20.3 Å². The summed E-state index contributed by atoms with van der Waals surface area (Å²) in [5.74, 6) is 1.66. The van der Waals surface area contributed by atoms with Crippen molar-refractivity contribution in [1.29, 1.82) is 0 Å². The number of morpholine rings is 1. The van der Waals surface area contributed by atoms with Crippen LogP contribution in [0, 0.1) is 0 Å². The zero-order valence-corrected chi connectivity index (χ0v) is 17.3. The Kier molecular flexibility index (Phi) is 10.0. The number of benzene rings is 1. The summed E-state index contributed by atoms with van der Waals surface area (Å²) in [5.41, 5.74) is 0.785. The maximum absolute atomic E-state index is 12.4. The van der Waals surface area contributed by atoms with E-state index in [1.165, 1.54) is 0 Å². The summed E-state index contributed by atoms with van der Waals surface area (Å²) in [5, 5.41) is 6.10. The van der Waals surface area contributed by atoms with E-state index in [0.29, 0.717) is 37.1 Å². The van der Waals surface area contributed by atoms with Crippen molar-refractivity contribution < 1.29 is 19.0 Å². The number of carbonyl (C=O) groups excluding carboxylic acids is 1. The van der Waals surface area contributed by atoms with Crippen LogP contribution in [0.2, 0.25) is 0 Å². The Bertz CT molecular complexity index is 763. The second-order valence-electron chi connectivity index (χ2n) is 5.97. The Hall–Kier alpha value is -2.06. The highest BCUT2D eigenvalue weighted by molar-refractivity contribution is 5.85. The highest BCUT2D eigenvalue weighted by Gasteiger charge is 2.28. The van der Waals surface area contributed by atoms with E-state index >= 15 is 0 Å². The van der Waals surface area contributed by atoms with Crippen LogP contribution in [0.1, 0.15) is 12.5 Å². The number of halogens is 2. The first kappa shape index (κ1) is 24.0. The molecule has 7 nitrogen and oxygen atoms in total. The average Bonchev–Trinajstić information content (AvgIpc) is 2.67. The molecule has 0 unspecified atom stereocenters. The van der Waals surface area contributed by atoms with Gasteiger partial charge < -0.3 is 24.8 Å². The number of methoxy groups -OCH3 is 1. The molecule has 1 aromatic heterocycles. The molecule has 9 heteroatoms. The highest BCUT2D eigenvalue weighted by Crippen LogP contribution is 2.26. The molecule has 28 heavy (non-hydrogen) atoms. The van der Waals surface area contributed by atoms with Crippen LogP contribution in [0.5, 0.6) is 17.4 Å². The van der Waals surface area contributed by atoms with Crippen LogP contribution in [0.4, 0.5) is 0 Å². The average molecular weight is 430 g/mol. The van der Waals surface area contributed by atoms with Crippen molar-refractivity contribution >= 4 is 30.7 Å². The van der Waals surface area contributed by atoms with Gasteiger partial charge in [0.2, 0.25) is 11.8 Å². The lowest BCUT2D eigenvalue weighted by Gasteiger charge is -2.29. The molecule has 2 heterocycles. The van der Waals surface area contributed by atoms with Gasteiger partial charge in [-0.3, -0.25) is 4.79 Å². The highest BCUT2D eigenvalue weighted by atomic mass is 35.5. The molecule has 1 aromatic carbocycles. The van der Waals surface area contributed by atoms with Crippen molar-refractivity contribution in [3.63, 3.8) is 0 Å². The van der Waals surface area contributed by atoms with Gasteiger partial charge in [0.25, 0.3) is 0 Å². The van der Waals surface area contributed by atoms with E-state index in [1.807, 2.05) is 37.3 Å². The van der Waals surface area contributed by atoms with Gasteiger partial charge >= 0.3 is 0 Å². The van der Waals surface area contributed by atoms with E-state index in [9.17, 15) is 4.79 Å². The molecular formula is C19H25Cl2N3O4. The van der Waals surface area contributed by atoms with Crippen molar-refractivity contribution in [3.05, 3.63) is 48.2 Å². The van der Waals surface area contributed by atoms with Crippen LogP contribution in [0.15, 0.2) is 42.6 Å².